The fraction of sp³-hybridized carbons (Fsp3) is 0.467. The normalized spacial score (nSPS) is 13.5. The van der Waals surface area contributed by atoms with Crippen molar-refractivity contribution in [2.45, 2.75) is 44.8 Å². The molecule has 2 N–H and O–H groups in total. The van der Waals surface area contributed by atoms with Crippen LogP contribution >= 0.6 is 0 Å². The second kappa shape index (κ2) is 6.37. The number of carboxylic acids is 1. The lowest BCUT2D eigenvalue weighted by atomic mass is 9.95. The van der Waals surface area contributed by atoms with Gasteiger partial charge in [0.15, 0.2) is 0 Å². The summed E-state index contributed by atoms with van der Waals surface area (Å²) < 4.78 is 37.4. The molecule has 1 unspecified atom stereocenters. The van der Waals surface area contributed by atoms with Crippen LogP contribution in [0.4, 0.5) is 13.2 Å². The van der Waals surface area contributed by atoms with E-state index in [1.807, 2.05) is 0 Å². The van der Waals surface area contributed by atoms with E-state index in [9.17, 15) is 22.8 Å². The van der Waals surface area contributed by atoms with E-state index >= 15 is 0 Å². The molecule has 0 aromatic heterocycles. The van der Waals surface area contributed by atoms with Crippen LogP contribution in [0.5, 0.6) is 0 Å². The Labute approximate surface area is 126 Å². The molecule has 0 radical (unpaired) electrons. The summed E-state index contributed by atoms with van der Waals surface area (Å²) in [5.41, 5.74) is -1.56. The van der Waals surface area contributed by atoms with E-state index in [2.05, 4.69) is 5.32 Å². The molecular weight excluding hydrogens is 299 g/mol. The first-order valence-corrected chi connectivity index (χ1v) is 6.65. The highest BCUT2D eigenvalue weighted by Gasteiger charge is 2.31. The second-order valence-electron chi connectivity index (χ2n) is 5.70. The number of halogens is 3. The van der Waals surface area contributed by atoms with Crippen molar-refractivity contribution in [2.24, 2.45) is 0 Å². The fourth-order valence-corrected chi connectivity index (χ4v) is 1.85. The number of benzene rings is 1. The average Bonchev–Trinajstić information content (AvgIpc) is 2.36. The molecule has 1 rings (SSSR count). The SMILES string of the molecule is CC(CC(=O)NC(C)(C)C(=O)O)c1ccc(C(F)(F)F)cc1. The third-order valence-corrected chi connectivity index (χ3v) is 3.29. The van der Waals surface area contributed by atoms with E-state index in [1.54, 1.807) is 6.92 Å². The molecule has 0 fully saturated rings. The molecule has 0 aliphatic carbocycles. The monoisotopic (exact) mass is 317 g/mol. The summed E-state index contributed by atoms with van der Waals surface area (Å²) in [6.45, 7) is 4.40. The minimum Gasteiger partial charge on any atom is -0.480 e. The largest absolute Gasteiger partial charge is 0.480 e. The third kappa shape index (κ3) is 4.75. The number of carbonyl (C=O) groups is 2. The first-order valence-electron chi connectivity index (χ1n) is 6.65. The second-order valence-corrected chi connectivity index (χ2v) is 5.70. The summed E-state index contributed by atoms with van der Waals surface area (Å²) in [4.78, 5) is 22.7. The number of carboxylic acid groups (broad SMARTS) is 1. The van der Waals surface area contributed by atoms with Gasteiger partial charge in [-0.25, -0.2) is 4.79 Å². The van der Waals surface area contributed by atoms with E-state index in [0.717, 1.165) is 12.1 Å². The van der Waals surface area contributed by atoms with Crippen molar-refractivity contribution in [1.82, 2.24) is 5.32 Å². The Morgan fingerprint density at radius 1 is 1.18 bits per heavy atom. The zero-order valence-electron chi connectivity index (χ0n) is 12.5. The summed E-state index contributed by atoms with van der Waals surface area (Å²) in [6.07, 6.45) is -4.41. The van der Waals surface area contributed by atoms with Crippen molar-refractivity contribution in [2.75, 3.05) is 0 Å². The van der Waals surface area contributed by atoms with Gasteiger partial charge in [0.25, 0.3) is 0 Å². The van der Waals surface area contributed by atoms with Crippen LogP contribution in [-0.2, 0) is 15.8 Å². The molecule has 22 heavy (non-hydrogen) atoms. The molecule has 1 aromatic rings. The highest BCUT2D eigenvalue weighted by molar-refractivity contribution is 5.86. The van der Waals surface area contributed by atoms with Gasteiger partial charge in [-0.3, -0.25) is 4.79 Å². The molecule has 4 nitrogen and oxygen atoms in total. The Morgan fingerprint density at radius 3 is 2.09 bits per heavy atom. The van der Waals surface area contributed by atoms with Crippen molar-refractivity contribution < 1.29 is 27.9 Å². The number of rotatable bonds is 5. The number of hydrogen-bond acceptors (Lipinski definition) is 2. The summed E-state index contributed by atoms with van der Waals surface area (Å²) in [6, 6.07) is 4.57. The molecule has 7 heteroatoms. The van der Waals surface area contributed by atoms with Gasteiger partial charge in [-0.05, 0) is 37.5 Å². The lowest BCUT2D eigenvalue weighted by Gasteiger charge is -2.22. The van der Waals surface area contributed by atoms with Crippen molar-refractivity contribution >= 4 is 11.9 Å². The highest BCUT2D eigenvalue weighted by atomic mass is 19.4. The van der Waals surface area contributed by atoms with Crippen molar-refractivity contribution in [3.05, 3.63) is 35.4 Å². The number of hydrogen-bond donors (Lipinski definition) is 2. The molecule has 0 spiro atoms. The quantitative estimate of drug-likeness (QED) is 0.876. The van der Waals surface area contributed by atoms with Crippen LogP contribution in [0.25, 0.3) is 0 Å². The topological polar surface area (TPSA) is 66.4 Å². The van der Waals surface area contributed by atoms with Gasteiger partial charge in [0.2, 0.25) is 5.91 Å². The Morgan fingerprint density at radius 2 is 1.68 bits per heavy atom. The zero-order chi connectivity index (χ0) is 17.1. The molecule has 1 aromatic carbocycles. The first-order chi connectivity index (χ1) is 9.93. The van der Waals surface area contributed by atoms with Crippen molar-refractivity contribution in [1.29, 1.82) is 0 Å². The van der Waals surface area contributed by atoms with Crippen LogP contribution in [0.3, 0.4) is 0 Å². The van der Waals surface area contributed by atoms with Gasteiger partial charge in [-0.15, -0.1) is 0 Å². The van der Waals surface area contributed by atoms with Gasteiger partial charge in [-0.1, -0.05) is 19.1 Å². The predicted molar refractivity (Wildman–Crippen MR) is 74.3 cm³/mol. The molecule has 0 saturated carbocycles. The summed E-state index contributed by atoms with van der Waals surface area (Å²) >= 11 is 0. The number of alkyl halides is 3. The van der Waals surface area contributed by atoms with E-state index in [-0.39, 0.29) is 12.3 Å². The molecule has 0 aliphatic heterocycles. The molecular formula is C15H18F3NO3. The minimum atomic E-state index is -4.40. The van der Waals surface area contributed by atoms with Crippen molar-refractivity contribution in [3.8, 4) is 0 Å². The van der Waals surface area contributed by atoms with Gasteiger partial charge >= 0.3 is 12.1 Å². The molecule has 0 saturated heterocycles. The predicted octanol–water partition coefficient (Wildman–Crippen LogP) is 3.18. The summed E-state index contributed by atoms with van der Waals surface area (Å²) in [5.74, 6) is -1.96. The maximum absolute atomic E-state index is 12.5. The molecule has 122 valence electrons. The lowest BCUT2D eigenvalue weighted by Crippen LogP contribution is -2.49. The third-order valence-electron chi connectivity index (χ3n) is 3.29. The van der Waals surface area contributed by atoms with Gasteiger partial charge in [0, 0.05) is 6.42 Å². The van der Waals surface area contributed by atoms with Crippen molar-refractivity contribution in [3.63, 3.8) is 0 Å². The van der Waals surface area contributed by atoms with E-state index < -0.39 is 29.2 Å². The van der Waals surface area contributed by atoms with Gasteiger partial charge < -0.3 is 10.4 Å². The maximum Gasteiger partial charge on any atom is 0.416 e. The fourth-order valence-electron chi connectivity index (χ4n) is 1.85. The summed E-state index contributed by atoms with van der Waals surface area (Å²) in [7, 11) is 0. The molecule has 0 heterocycles. The zero-order valence-corrected chi connectivity index (χ0v) is 12.5. The average molecular weight is 317 g/mol. The number of nitrogens with one attached hydrogen (secondary N) is 1. The smallest absolute Gasteiger partial charge is 0.416 e. The standard InChI is InChI=1S/C15H18F3NO3/c1-9(8-12(20)19-14(2,3)13(21)22)10-4-6-11(7-5-10)15(16,17)18/h4-7,9H,8H2,1-3H3,(H,19,20)(H,21,22). The molecule has 0 bridgehead atoms. The van der Waals surface area contributed by atoms with E-state index in [4.69, 9.17) is 5.11 Å². The maximum atomic E-state index is 12.5. The minimum absolute atomic E-state index is 0.0118. The lowest BCUT2D eigenvalue weighted by molar-refractivity contribution is -0.146. The van der Waals surface area contributed by atoms with Crippen LogP contribution in [0.1, 0.15) is 44.2 Å². The number of carbonyl (C=O) groups excluding carboxylic acids is 1. The Balaban J connectivity index is 2.71. The number of amides is 1. The summed E-state index contributed by atoms with van der Waals surface area (Å²) in [5, 5.41) is 11.3. The first kappa shape index (κ1) is 18.0. The van der Waals surface area contributed by atoms with Crippen LogP contribution in [0.15, 0.2) is 24.3 Å². The van der Waals surface area contributed by atoms with Crippen LogP contribution in [0.2, 0.25) is 0 Å². The molecule has 1 atom stereocenters. The molecule has 0 aliphatic rings. The Bertz CT molecular complexity index is 550. The van der Waals surface area contributed by atoms with Crippen LogP contribution in [0, 0.1) is 0 Å². The van der Waals surface area contributed by atoms with E-state index in [1.165, 1.54) is 26.0 Å². The Hall–Kier alpha value is -2.05. The highest BCUT2D eigenvalue weighted by Crippen LogP contribution is 2.30. The van der Waals surface area contributed by atoms with Gasteiger partial charge in [0.05, 0.1) is 5.56 Å². The molecule has 1 amide bonds. The van der Waals surface area contributed by atoms with Crippen LogP contribution in [-0.4, -0.2) is 22.5 Å². The van der Waals surface area contributed by atoms with E-state index in [0.29, 0.717) is 5.56 Å². The number of aliphatic carboxylic acids is 1. The van der Waals surface area contributed by atoms with Gasteiger partial charge in [-0.2, -0.15) is 13.2 Å². The Kier molecular flexibility index (Phi) is 5.22. The van der Waals surface area contributed by atoms with Gasteiger partial charge in [0.1, 0.15) is 5.54 Å². The van der Waals surface area contributed by atoms with Crippen LogP contribution < -0.4 is 5.32 Å².